The summed E-state index contributed by atoms with van der Waals surface area (Å²) in [6.45, 7) is 6.24. The van der Waals surface area contributed by atoms with E-state index in [9.17, 15) is 9.90 Å². The highest BCUT2D eigenvalue weighted by atomic mass is 32.1. The normalized spacial score (nSPS) is 24.6. The highest BCUT2D eigenvalue weighted by Gasteiger charge is 2.40. The number of carbonyl (C=O) groups is 1. The van der Waals surface area contributed by atoms with Gasteiger partial charge in [-0.2, -0.15) is 0 Å². The van der Waals surface area contributed by atoms with Crippen LogP contribution < -0.4 is 0 Å². The Hall–Kier alpha value is -0.940. The van der Waals surface area contributed by atoms with E-state index >= 15 is 0 Å². The summed E-state index contributed by atoms with van der Waals surface area (Å²) in [5.74, 6) is -0.685. The van der Waals surface area contributed by atoms with E-state index in [2.05, 4.69) is 22.2 Å². The average molecular weight is 268 g/mol. The maximum absolute atomic E-state index is 11.2. The van der Waals surface area contributed by atoms with E-state index in [1.165, 1.54) is 5.01 Å². The third-order valence-corrected chi connectivity index (χ3v) is 4.47. The van der Waals surface area contributed by atoms with Crippen LogP contribution in [-0.4, -0.2) is 34.0 Å². The van der Waals surface area contributed by atoms with Crippen LogP contribution in [0.3, 0.4) is 0 Å². The molecule has 1 aliphatic rings. The first kappa shape index (κ1) is 13.5. The second kappa shape index (κ2) is 5.36. The van der Waals surface area contributed by atoms with Crippen LogP contribution in [0.25, 0.3) is 0 Å². The van der Waals surface area contributed by atoms with Gasteiger partial charge in [0.25, 0.3) is 0 Å². The smallest absolute Gasteiger partial charge is 0.310 e. The van der Waals surface area contributed by atoms with Gasteiger partial charge in [0.1, 0.15) is 0 Å². The third kappa shape index (κ3) is 2.90. The lowest BCUT2D eigenvalue weighted by Gasteiger charge is -2.19. The predicted molar refractivity (Wildman–Crippen MR) is 71.7 cm³/mol. The number of hydrogen-bond acceptors (Lipinski definition) is 4. The molecule has 1 aromatic heterocycles. The first-order chi connectivity index (χ1) is 8.53. The van der Waals surface area contributed by atoms with Crippen molar-refractivity contribution in [3.8, 4) is 0 Å². The van der Waals surface area contributed by atoms with Crippen molar-refractivity contribution >= 4 is 17.3 Å². The van der Waals surface area contributed by atoms with Crippen molar-refractivity contribution in [2.75, 3.05) is 13.1 Å². The first-order valence-electron chi connectivity index (χ1n) is 6.42. The molecule has 0 spiro atoms. The Morgan fingerprint density at radius 2 is 2.44 bits per heavy atom. The van der Waals surface area contributed by atoms with Crippen LogP contribution in [0.2, 0.25) is 0 Å². The largest absolute Gasteiger partial charge is 0.481 e. The van der Waals surface area contributed by atoms with Gasteiger partial charge in [-0.1, -0.05) is 6.92 Å². The Morgan fingerprint density at radius 1 is 1.67 bits per heavy atom. The zero-order valence-corrected chi connectivity index (χ0v) is 11.8. The van der Waals surface area contributed by atoms with E-state index in [0.717, 1.165) is 38.0 Å². The molecule has 1 fully saturated rings. The zero-order valence-electron chi connectivity index (χ0n) is 11.0. The summed E-state index contributed by atoms with van der Waals surface area (Å²) in [6.07, 6.45) is 2.89. The van der Waals surface area contributed by atoms with Gasteiger partial charge in [0.05, 0.1) is 16.1 Å². The number of likely N-dealkylation sites (tertiary alicyclic amines) is 1. The summed E-state index contributed by atoms with van der Waals surface area (Å²) in [7, 11) is 0. The number of hydrogen-bond donors (Lipinski definition) is 1. The highest BCUT2D eigenvalue weighted by Crippen LogP contribution is 2.31. The van der Waals surface area contributed by atoms with E-state index < -0.39 is 11.4 Å². The number of nitrogens with zero attached hydrogens (tertiary/aromatic N) is 2. The molecule has 1 N–H and O–H groups in total. The molecule has 1 unspecified atom stereocenters. The molecule has 4 nitrogen and oxygen atoms in total. The molecule has 0 radical (unpaired) electrons. The number of thiazole rings is 1. The Balaban J connectivity index is 1.93. The van der Waals surface area contributed by atoms with Crippen LogP contribution in [0.5, 0.6) is 0 Å². The van der Waals surface area contributed by atoms with Crippen molar-refractivity contribution in [2.24, 2.45) is 5.41 Å². The minimum atomic E-state index is -0.685. The lowest BCUT2D eigenvalue weighted by molar-refractivity contribution is -0.147. The van der Waals surface area contributed by atoms with Gasteiger partial charge in [0.2, 0.25) is 0 Å². The van der Waals surface area contributed by atoms with Gasteiger partial charge in [-0.3, -0.25) is 9.69 Å². The van der Waals surface area contributed by atoms with E-state index in [4.69, 9.17) is 0 Å². The Kier molecular flexibility index (Phi) is 4.02. The number of carboxylic acid groups (broad SMARTS) is 1. The number of aliphatic carboxylic acids is 1. The van der Waals surface area contributed by atoms with Gasteiger partial charge in [-0.05, 0) is 32.7 Å². The van der Waals surface area contributed by atoms with E-state index in [0.29, 0.717) is 6.54 Å². The first-order valence-corrected chi connectivity index (χ1v) is 7.30. The lowest BCUT2D eigenvalue weighted by atomic mass is 9.90. The summed E-state index contributed by atoms with van der Waals surface area (Å²) in [5.41, 5.74) is 0.500. The van der Waals surface area contributed by atoms with Crippen molar-refractivity contribution in [2.45, 2.75) is 39.7 Å². The van der Waals surface area contributed by atoms with Crippen molar-refractivity contribution in [1.82, 2.24) is 9.88 Å². The van der Waals surface area contributed by atoms with E-state index in [-0.39, 0.29) is 0 Å². The second-order valence-electron chi connectivity index (χ2n) is 5.31. The second-order valence-corrected chi connectivity index (χ2v) is 6.25. The molecular formula is C13H20N2O2S. The molecule has 0 bridgehead atoms. The fourth-order valence-corrected chi connectivity index (χ4v) is 3.24. The minimum Gasteiger partial charge on any atom is -0.481 e. The van der Waals surface area contributed by atoms with Crippen molar-refractivity contribution in [1.29, 1.82) is 0 Å². The van der Waals surface area contributed by atoms with Crippen LogP contribution >= 0.6 is 11.3 Å². The summed E-state index contributed by atoms with van der Waals surface area (Å²) in [6, 6.07) is 0. The standard InChI is InChI=1S/C13H20N2O2S/c1-3-4-11-14-10(8-18-11)7-15-6-5-13(2,9-15)12(16)17/h8H,3-7,9H2,1-2H3,(H,16,17). The summed E-state index contributed by atoms with van der Waals surface area (Å²) in [4.78, 5) is 17.9. The molecule has 1 atom stereocenters. The Bertz CT molecular complexity index is 432. The number of carboxylic acids is 1. The molecule has 0 aromatic carbocycles. The van der Waals surface area contributed by atoms with Crippen LogP contribution in [0.4, 0.5) is 0 Å². The van der Waals surface area contributed by atoms with Crippen molar-refractivity contribution in [3.05, 3.63) is 16.1 Å². The van der Waals surface area contributed by atoms with Gasteiger partial charge in [-0.15, -0.1) is 11.3 Å². The summed E-state index contributed by atoms with van der Waals surface area (Å²) in [5, 5.41) is 12.5. The topological polar surface area (TPSA) is 53.4 Å². The molecule has 1 saturated heterocycles. The van der Waals surface area contributed by atoms with E-state index in [1.807, 2.05) is 6.92 Å². The molecule has 2 heterocycles. The zero-order chi connectivity index (χ0) is 13.2. The predicted octanol–water partition coefficient (Wildman–Crippen LogP) is 2.39. The van der Waals surface area contributed by atoms with Crippen LogP contribution in [0.15, 0.2) is 5.38 Å². The molecule has 5 heteroatoms. The van der Waals surface area contributed by atoms with Gasteiger partial charge >= 0.3 is 5.97 Å². The molecule has 1 aliphatic heterocycles. The van der Waals surface area contributed by atoms with Crippen LogP contribution in [0, 0.1) is 5.41 Å². The van der Waals surface area contributed by atoms with Crippen LogP contribution in [-0.2, 0) is 17.8 Å². The lowest BCUT2D eigenvalue weighted by Crippen LogP contribution is -2.31. The average Bonchev–Trinajstić information content (AvgIpc) is 2.88. The van der Waals surface area contributed by atoms with E-state index in [1.54, 1.807) is 11.3 Å². The quantitative estimate of drug-likeness (QED) is 0.891. The third-order valence-electron chi connectivity index (χ3n) is 3.52. The SMILES string of the molecule is CCCc1nc(CN2CCC(C)(C(=O)O)C2)cs1. The molecule has 1 aromatic rings. The number of rotatable bonds is 5. The fourth-order valence-electron chi connectivity index (χ4n) is 2.35. The molecule has 0 saturated carbocycles. The molecule has 100 valence electrons. The van der Waals surface area contributed by atoms with Gasteiger partial charge in [0, 0.05) is 18.5 Å². The van der Waals surface area contributed by atoms with Crippen LogP contribution in [0.1, 0.15) is 37.4 Å². The van der Waals surface area contributed by atoms with Crippen molar-refractivity contribution in [3.63, 3.8) is 0 Å². The Labute approximate surface area is 112 Å². The van der Waals surface area contributed by atoms with Crippen molar-refractivity contribution < 1.29 is 9.90 Å². The fraction of sp³-hybridized carbons (Fsp3) is 0.692. The van der Waals surface area contributed by atoms with Gasteiger partial charge in [0.15, 0.2) is 0 Å². The maximum Gasteiger partial charge on any atom is 0.310 e. The van der Waals surface area contributed by atoms with Gasteiger partial charge in [-0.25, -0.2) is 4.98 Å². The number of aryl methyl sites for hydroxylation is 1. The molecule has 0 amide bonds. The highest BCUT2D eigenvalue weighted by molar-refractivity contribution is 7.09. The molecule has 0 aliphatic carbocycles. The molecule has 2 rings (SSSR count). The summed E-state index contributed by atoms with van der Waals surface area (Å²) >= 11 is 1.71. The molecular weight excluding hydrogens is 248 g/mol. The summed E-state index contributed by atoms with van der Waals surface area (Å²) < 4.78 is 0. The minimum absolute atomic E-state index is 0.581. The molecule has 18 heavy (non-hydrogen) atoms. The number of aromatic nitrogens is 1. The van der Waals surface area contributed by atoms with Gasteiger partial charge < -0.3 is 5.11 Å². The monoisotopic (exact) mass is 268 g/mol. The Morgan fingerprint density at radius 3 is 3.06 bits per heavy atom. The maximum atomic E-state index is 11.2.